The highest BCUT2D eigenvalue weighted by Crippen LogP contribution is 2.39. The van der Waals surface area contributed by atoms with E-state index < -0.39 is 0 Å². The van der Waals surface area contributed by atoms with E-state index in [1.165, 1.54) is 12.1 Å². The van der Waals surface area contributed by atoms with E-state index in [-0.39, 0.29) is 17.9 Å². The number of benzene rings is 1. The third-order valence-electron chi connectivity index (χ3n) is 4.92. The van der Waals surface area contributed by atoms with Gasteiger partial charge in [0.2, 0.25) is 0 Å². The number of pyridine rings is 1. The Kier molecular flexibility index (Phi) is 5.36. The lowest BCUT2D eigenvalue weighted by Gasteiger charge is -2.28. The van der Waals surface area contributed by atoms with Crippen molar-refractivity contribution in [2.45, 2.75) is 12.1 Å². The molecule has 1 fully saturated rings. The van der Waals surface area contributed by atoms with Crippen LogP contribution in [-0.4, -0.2) is 39.8 Å². The molecular formula is C21H21FN4OS. The molecule has 1 N–H and O–H groups in total. The summed E-state index contributed by atoms with van der Waals surface area (Å²) in [7, 11) is 1.68. The Morgan fingerprint density at radius 2 is 1.96 bits per heavy atom. The fraction of sp³-hybridized carbons (Fsp3) is 0.238. The van der Waals surface area contributed by atoms with Crippen LogP contribution in [0.2, 0.25) is 0 Å². The summed E-state index contributed by atoms with van der Waals surface area (Å²) in [6.45, 7) is 1.22. The summed E-state index contributed by atoms with van der Waals surface area (Å²) in [4.78, 5) is 6.68. The van der Waals surface area contributed by atoms with Crippen molar-refractivity contribution in [2.24, 2.45) is 0 Å². The third kappa shape index (κ3) is 3.50. The Bertz CT molecular complexity index is 945. The van der Waals surface area contributed by atoms with Crippen molar-refractivity contribution in [3.8, 4) is 5.69 Å². The van der Waals surface area contributed by atoms with Crippen LogP contribution in [0.3, 0.4) is 0 Å². The molecular weight excluding hydrogens is 375 g/mol. The van der Waals surface area contributed by atoms with Gasteiger partial charge in [0.15, 0.2) is 5.11 Å². The molecule has 3 heterocycles. The third-order valence-corrected chi connectivity index (χ3v) is 5.27. The van der Waals surface area contributed by atoms with E-state index >= 15 is 0 Å². The Morgan fingerprint density at radius 3 is 2.68 bits per heavy atom. The molecule has 144 valence electrons. The second kappa shape index (κ2) is 8.08. The van der Waals surface area contributed by atoms with Gasteiger partial charge in [-0.3, -0.25) is 4.98 Å². The monoisotopic (exact) mass is 396 g/mol. The van der Waals surface area contributed by atoms with Crippen molar-refractivity contribution < 1.29 is 9.13 Å². The highest BCUT2D eigenvalue weighted by molar-refractivity contribution is 7.80. The maximum atomic E-state index is 13.4. The Labute approximate surface area is 168 Å². The van der Waals surface area contributed by atoms with E-state index in [9.17, 15) is 4.39 Å². The van der Waals surface area contributed by atoms with Gasteiger partial charge in [0.1, 0.15) is 5.82 Å². The van der Waals surface area contributed by atoms with Gasteiger partial charge < -0.3 is 19.5 Å². The predicted molar refractivity (Wildman–Crippen MR) is 110 cm³/mol. The highest BCUT2D eigenvalue weighted by Gasteiger charge is 2.40. The zero-order chi connectivity index (χ0) is 19.5. The number of hydrogen-bond donors (Lipinski definition) is 1. The van der Waals surface area contributed by atoms with Crippen LogP contribution in [0.25, 0.3) is 5.69 Å². The molecule has 1 saturated heterocycles. The van der Waals surface area contributed by atoms with E-state index in [2.05, 4.69) is 25.8 Å². The first-order valence-electron chi connectivity index (χ1n) is 9.09. The van der Waals surface area contributed by atoms with Gasteiger partial charge in [-0.05, 0) is 60.7 Å². The molecule has 1 aromatic carbocycles. The van der Waals surface area contributed by atoms with Crippen LogP contribution < -0.4 is 5.32 Å². The first-order valence-corrected chi connectivity index (χ1v) is 9.50. The maximum absolute atomic E-state index is 13.4. The topological polar surface area (TPSA) is 42.3 Å². The standard InChI is InChI=1S/C21H21FN4OS/c1-27-14-13-26-20(19(24-21(26)28)17-5-2-3-11-23-17)18-6-4-12-25(18)16-9-7-15(22)8-10-16/h2-12,19-20H,13-14H2,1H3,(H,24,28)/t19-,20-/m1/s1. The number of nitrogens with one attached hydrogen (secondary N) is 1. The van der Waals surface area contributed by atoms with Crippen LogP contribution in [0.15, 0.2) is 67.0 Å². The number of rotatable bonds is 6. The Balaban J connectivity index is 1.78. The summed E-state index contributed by atoms with van der Waals surface area (Å²) in [5.41, 5.74) is 2.86. The van der Waals surface area contributed by atoms with Crippen LogP contribution >= 0.6 is 12.2 Å². The molecule has 7 heteroatoms. The minimum absolute atomic E-state index is 0.0717. The average molecular weight is 396 g/mol. The zero-order valence-corrected chi connectivity index (χ0v) is 16.3. The van der Waals surface area contributed by atoms with Gasteiger partial charge in [0.25, 0.3) is 0 Å². The Hall–Kier alpha value is -2.77. The van der Waals surface area contributed by atoms with E-state index in [0.717, 1.165) is 17.1 Å². The van der Waals surface area contributed by atoms with Gasteiger partial charge in [0.05, 0.1) is 24.4 Å². The number of aromatic nitrogens is 2. The summed E-state index contributed by atoms with van der Waals surface area (Å²) >= 11 is 5.63. The van der Waals surface area contributed by atoms with Crippen LogP contribution in [-0.2, 0) is 4.74 Å². The molecule has 2 aromatic heterocycles. The van der Waals surface area contributed by atoms with E-state index in [1.807, 2.05) is 30.5 Å². The smallest absolute Gasteiger partial charge is 0.170 e. The van der Waals surface area contributed by atoms with Gasteiger partial charge in [-0.1, -0.05) is 6.07 Å². The minimum Gasteiger partial charge on any atom is -0.383 e. The molecule has 0 radical (unpaired) electrons. The molecule has 0 unspecified atom stereocenters. The molecule has 0 bridgehead atoms. The molecule has 4 rings (SSSR count). The minimum atomic E-state index is -0.255. The predicted octanol–water partition coefficient (Wildman–Crippen LogP) is 3.63. The number of halogens is 1. The van der Waals surface area contributed by atoms with Crippen LogP contribution in [0, 0.1) is 5.82 Å². The van der Waals surface area contributed by atoms with Gasteiger partial charge in [-0.15, -0.1) is 0 Å². The highest BCUT2D eigenvalue weighted by atomic mass is 32.1. The van der Waals surface area contributed by atoms with Gasteiger partial charge in [-0.25, -0.2) is 4.39 Å². The lowest BCUT2D eigenvalue weighted by molar-refractivity contribution is 0.163. The Morgan fingerprint density at radius 1 is 1.14 bits per heavy atom. The lowest BCUT2D eigenvalue weighted by atomic mass is 10.0. The van der Waals surface area contributed by atoms with Crippen molar-refractivity contribution >= 4 is 17.3 Å². The lowest BCUT2D eigenvalue weighted by Crippen LogP contribution is -2.33. The van der Waals surface area contributed by atoms with Gasteiger partial charge in [-0.2, -0.15) is 0 Å². The van der Waals surface area contributed by atoms with Gasteiger partial charge in [0, 0.05) is 37.4 Å². The van der Waals surface area contributed by atoms with Crippen LogP contribution in [0.5, 0.6) is 0 Å². The van der Waals surface area contributed by atoms with Crippen molar-refractivity contribution in [2.75, 3.05) is 20.3 Å². The largest absolute Gasteiger partial charge is 0.383 e. The van der Waals surface area contributed by atoms with E-state index in [1.54, 1.807) is 25.4 Å². The molecule has 1 aliphatic rings. The summed E-state index contributed by atoms with van der Waals surface area (Å²) in [6.07, 6.45) is 3.77. The van der Waals surface area contributed by atoms with Gasteiger partial charge >= 0.3 is 0 Å². The van der Waals surface area contributed by atoms with Crippen molar-refractivity contribution in [3.63, 3.8) is 0 Å². The number of hydrogen-bond acceptors (Lipinski definition) is 3. The summed E-state index contributed by atoms with van der Waals surface area (Å²) in [6, 6.07) is 16.2. The second-order valence-corrected chi connectivity index (χ2v) is 6.98. The van der Waals surface area contributed by atoms with Crippen LogP contribution in [0.4, 0.5) is 4.39 Å². The normalized spacial score (nSPS) is 19.1. The summed E-state index contributed by atoms with van der Waals surface area (Å²) in [5, 5.41) is 4.09. The molecule has 3 aromatic rings. The molecule has 0 saturated carbocycles. The molecule has 5 nitrogen and oxygen atoms in total. The summed E-state index contributed by atoms with van der Waals surface area (Å²) < 4.78 is 20.8. The fourth-order valence-electron chi connectivity index (χ4n) is 3.63. The molecule has 2 atom stereocenters. The molecule has 1 aliphatic heterocycles. The molecule has 0 spiro atoms. The zero-order valence-electron chi connectivity index (χ0n) is 15.5. The van der Waals surface area contributed by atoms with E-state index in [0.29, 0.717) is 18.3 Å². The molecule has 28 heavy (non-hydrogen) atoms. The first kappa shape index (κ1) is 18.6. The quantitative estimate of drug-likeness (QED) is 0.645. The van der Waals surface area contributed by atoms with Crippen molar-refractivity contribution in [3.05, 3.63) is 84.2 Å². The number of nitrogens with zero attached hydrogens (tertiary/aromatic N) is 3. The SMILES string of the molecule is COCCN1C(=S)N[C@H](c2ccccn2)[C@H]1c1cccn1-c1ccc(F)cc1. The van der Waals surface area contributed by atoms with Crippen LogP contribution in [0.1, 0.15) is 23.5 Å². The molecule has 0 aliphatic carbocycles. The maximum Gasteiger partial charge on any atom is 0.170 e. The summed E-state index contributed by atoms with van der Waals surface area (Å²) in [5.74, 6) is -0.255. The fourth-order valence-corrected chi connectivity index (χ4v) is 3.96. The number of thiocarbonyl (C=S) groups is 1. The van der Waals surface area contributed by atoms with Crippen molar-refractivity contribution in [1.82, 2.24) is 19.8 Å². The number of ether oxygens (including phenoxy) is 1. The van der Waals surface area contributed by atoms with E-state index in [4.69, 9.17) is 17.0 Å². The van der Waals surface area contributed by atoms with Crippen molar-refractivity contribution in [1.29, 1.82) is 0 Å². The first-order chi connectivity index (χ1) is 13.7. The molecule has 0 amide bonds. The number of methoxy groups -OCH3 is 1. The second-order valence-electron chi connectivity index (χ2n) is 6.59. The average Bonchev–Trinajstić information content (AvgIpc) is 3.32.